The monoisotopic (exact) mass is 266 g/mol. The fraction of sp³-hybridized carbons (Fsp3) is 0.417. The van der Waals surface area contributed by atoms with Crippen molar-refractivity contribution in [2.75, 3.05) is 13.2 Å². The molecule has 2 heterocycles. The Bertz CT molecular complexity index is 482. The first-order valence-corrected chi connectivity index (χ1v) is 5.81. The lowest BCUT2D eigenvalue weighted by Crippen LogP contribution is -2.28. The predicted octanol–water partition coefficient (Wildman–Crippen LogP) is -0.343. The van der Waals surface area contributed by atoms with Crippen LogP contribution in [0.3, 0.4) is 0 Å². The molecule has 0 saturated carbocycles. The SMILES string of the molecule is NC(=O)COC(=O)[C@@H]1CC(=O)N(Cc2ccco2)C1. The maximum atomic E-state index is 11.7. The number of likely N-dealkylation sites (tertiary alicyclic amines) is 1. The van der Waals surface area contributed by atoms with Crippen molar-refractivity contribution < 1.29 is 23.5 Å². The molecule has 1 aromatic heterocycles. The van der Waals surface area contributed by atoms with Crippen LogP contribution in [0.25, 0.3) is 0 Å². The number of amides is 2. The number of carbonyl (C=O) groups is 3. The fourth-order valence-electron chi connectivity index (χ4n) is 1.93. The summed E-state index contributed by atoms with van der Waals surface area (Å²) in [7, 11) is 0. The summed E-state index contributed by atoms with van der Waals surface area (Å²) >= 11 is 0. The van der Waals surface area contributed by atoms with Gasteiger partial charge in [-0.3, -0.25) is 14.4 Å². The lowest BCUT2D eigenvalue weighted by Gasteiger charge is -2.14. The van der Waals surface area contributed by atoms with Crippen LogP contribution in [0.1, 0.15) is 12.2 Å². The fourth-order valence-corrected chi connectivity index (χ4v) is 1.93. The van der Waals surface area contributed by atoms with E-state index in [0.29, 0.717) is 12.3 Å². The second-order valence-electron chi connectivity index (χ2n) is 4.33. The second-order valence-corrected chi connectivity index (χ2v) is 4.33. The number of esters is 1. The van der Waals surface area contributed by atoms with Crippen LogP contribution in [0.15, 0.2) is 22.8 Å². The Morgan fingerprint density at radius 2 is 2.32 bits per heavy atom. The third-order valence-electron chi connectivity index (χ3n) is 2.83. The highest BCUT2D eigenvalue weighted by Crippen LogP contribution is 2.21. The highest BCUT2D eigenvalue weighted by atomic mass is 16.5. The number of furan rings is 1. The summed E-state index contributed by atoms with van der Waals surface area (Å²) in [5.74, 6) is -1.34. The molecule has 0 aliphatic carbocycles. The van der Waals surface area contributed by atoms with E-state index in [1.165, 1.54) is 11.2 Å². The number of hydrogen-bond acceptors (Lipinski definition) is 5. The second kappa shape index (κ2) is 5.55. The summed E-state index contributed by atoms with van der Waals surface area (Å²) in [6.07, 6.45) is 1.60. The highest BCUT2D eigenvalue weighted by Gasteiger charge is 2.35. The van der Waals surface area contributed by atoms with Gasteiger partial charge in [-0.15, -0.1) is 0 Å². The summed E-state index contributed by atoms with van der Waals surface area (Å²) in [6.45, 7) is 0.129. The van der Waals surface area contributed by atoms with Crippen molar-refractivity contribution in [2.45, 2.75) is 13.0 Å². The summed E-state index contributed by atoms with van der Waals surface area (Å²) in [4.78, 5) is 35.4. The molecule has 0 unspecified atom stereocenters. The summed E-state index contributed by atoms with van der Waals surface area (Å²) in [5, 5.41) is 0. The number of primary amides is 1. The molecule has 2 amide bonds. The zero-order valence-corrected chi connectivity index (χ0v) is 10.2. The van der Waals surface area contributed by atoms with Gasteiger partial charge in [0.15, 0.2) is 6.61 Å². The van der Waals surface area contributed by atoms with Gasteiger partial charge in [0.1, 0.15) is 5.76 Å². The van der Waals surface area contributed by atoms with Gasteiger partial charge in [-0.05, 0) is 12.1 Å². The third-order valence-corrected chi connectivity index (χ3v) is 2.83. The van der Waals surface area contributed by atoms with Crippen LogP contribution in [0, 0.1) is 5.92 Å². The summed E-state index contributed by atoms with van der Waals surface area (Å²) in [5.41, 5.74) is 4.88. The lowest BCUT2D eigenvalue weighted by atomic mass is 10.1. The van der Waals surface area contributed by atoms with Crippen LogP contribution >= 0.6 is 0 Å². The van der Waals surface area contributed by atoms with E-state index in [2.05, 4.69) is 0 Å². The number of hydrogen-bond donors (Lipinski definition) is 1. The van der Waals surface area contributed by atoms with E-state index in [-0.39, 0.29) is 18.9 Å². The van der Waals surface area contributed by atoms with E-state index in [4.69, 9.17) is 14.9 Å². The van der Waals surface area contributed by atoms with Crippen LogP contribution in [0.4, 0.5) is 0 Å². The Labute approximate surface area is 109 Å². The van der Waals surface area contributed by atoms with E-state index in [1.54, 1.807) is 12.1 Å². The molecule has 0 radical (unpaired) electrons. The molecule has 1 aromatic rings. The molecule has 1 saturated heterocycles. The number of carbonyl (C=O) groups excluding carboxylic acids is 3. The minimum atomic E-state index is -0.717. The van der Waals surface area contributed by atoms with Crippen molar-refractivity contribution >= 4 is 17.8 Å². The molecule has 19 heavy (non-hydrogen) atoms. The Balaban J connectivity index is 1.88. The van der Waals surface area contributed by atoms with E-state index in [9.17, 15) is 14.4 Å². The van der Waals surface area contributed by atoms with Crippen molar-refractivity contribution in [3.8, 4) is 0 Å². The van der Waals surface area contributed by atoms with Crippen LogP contribution < -0.4 is 5.73 Å². The number of nitrogens with two attached hydrogens (primary N) is 1. The molecule has 1 aliphatic heterocycles. The topological polar surface area (TPSA) is 103 Å². The lowest BCUT2D eigenvalue weighted by molar-refractivity contribution is -0.151. The zero-order chi connectivity index (χ0) is 13.8. The standard InChI is InChI=1S/C12H14N2O5/c13-10(15)7-19-12(17)8-4-11(16)14(5-8)6-9-2-1-3-18-9/h1-3,8H,4-7H2,(H2,13,15)/t8-/m1/s1. The number of ether oxygens (including phenoxy) is 1. The van der Waals surface area contributed by atoms with Gasteiger partial charge >= 0.3 is 5.97 Å². The zero-order valence-electron chi connectivity index (χ0n) is 10.2. The molecule has 2 N–H and O–H groups in total. The Morgan fingerprint density at radius 1 is 1.53 bits per heavy atom. The van der Waals surface area contributed by atoms with Gasteiger partial charge in [0, 0.05) is 13.0 Å². The maximum Gasteiger partial charge on any atom is 0.311 e. The molecule has 0 spiro atoms. The first kappa shape index (κ1) is 13.1. The third kappa shape index (κ3) is 3.34. The molecule has 0 aromatic carbocycles. The molecular formula is C12H14N2O5. The first-order chi connectivity index (χ1) is 9.06. The van der Waals surface area contributed by atoms with E-state index in [0.717, 1.165) is 0 Å². The molecule has 7 nitrogen and oxygen atoms in total. The maximum absolute atomic E-state index is 11.7. The molecular weight excluding hydrogens is 252 g/mol. The molecule has 2 rings (SSSR count). The van der Waals surface area contributed by atoms with Gasteiger partial charge in [0.25, 0.3) is 5.91 Å². The van der Waals surface area contributed by atoms with E-state index >= 15 is 0 Å². The van der Waals surface area contributed by atoms with Gasteiger partial charge in [0.2, 0.25) is 5.91 Å². The van der Waals surface area contributed by atoms with Crippen molar-refractivity contribution in [2.24, 2.45) is 11.7 Å². The molecule has 102 valence electrons. The Hall–Kier alpha value is -2.31. The Kier molecular flexibility index (Phi) is 3.84. The van der Waals surface area contributed by atoms with Crippen LogP contribution in [0.5, 0.6) is 0 Å². The van der Waals surface area contributed by atoms with Gasteiger partial charge < -0.3 is 19.8 Å². The molecule has 1 atom stereocenters. The van der Waals surface area contributed by atoms with Gasteiger partial charge in [-0.2, -0.15) is 0 Å². The number of rotatable bonds is 5. The average molecular weight is 266 g/mol. The summed E-state index contributed by atoms with van der Waals surface area (Å²) < 4.78 is 9.85. The normalized spacial score (nSPS) is 18.6. The van der Waals surface area contributed by atoms with Gasteiger partial charge in [0.05, 0.1) is 18.7 Å². The average Bonchev–Trinajstić information content (AvgIpc) is 2.98. The number of nitrogens with zero attached hydrogens (tertiary/aromatic N) is 1. The minimum Gasteiger partial charge on any atom is -0.467 e. The van der Waals surface area contributed by atoms with Crippen LogP contribution in [0.2, 0.25) is 0 Å². The van der Waals surface area contributed by atoms with Crippen molar-refractivity contribution in [1.82, 2.24) is 4.90 Å². The van der Waals surface area contributed by atoms with Crippen LogP contribution in [-0.4, -0.2) is 35.8 Å². The Morgan fingerprint density at radius 3 is 2.95 bits per heavy atom. The molecule has 0 bridgehead atoms. The minimum absolute atomic E-state index is 0.0817. The quantitative estimate of drug-likeness (QED) is 0.734. The van der Waals surface area contributed by atoms with Crippen LogP contribution in [-0.2, 0) is 25.7 Å². The highest BCUT2D eigenvalue weighted by molar-refractivity contribution is 5.87. The van der Waals surface area contributed by atoms with E-state index < -0.39 is 24.4 Å². The van der Waals surface area contributed by atoms with Gasteiger partial charge in [-0.1, -0.05) is 0 Å². The molecule has 1 fully saturated rings. The summed E-state index contributed by atoms with van der Waals surface area (Å²) in [6, 6.07) is 3.49. The van der Waals surface area contributed by atoms with Crippen molar-refractivity contribution in [3.05, 3.63) is 24.2 Å². The van der Waals surface area contributed by atoms with E-state index in [1.807, 2.05) is 0 Å². The largest absolute Gasteiger partial charge is 0.467 e. The molecule has 7 heteroatoms. The predicted molar refractivity (Wildman–Crippen MR) is 62.4 cm³/mol. The van der Waals surface area contributed by atoms with Crippen molar-refractivity contribution in [1.29, 1.82) is 0 Å². The van der Waals surface area contributed by atoms with Crippen molar-refractivity contribution in [3.63, 3.8) is 0 Å². The van der Waals surface area contributed by atoms with Gasteiger partial charge in [-0.25, -0.2) is 0 Å². The first-order valence-electron chi connectivity index (χ1n) is 5.81. The molecule has 1 aliphatic rings. The smallest absolute Gasteiger partial charge is 0.311 e.